The Hall–Kier alpha value is -1.38. The van der Waals surface area contributed by atoms with Gasteiger partial charge < -0.3 is 4.42 Å². The molecule has 3 nitrogen and oxygen atoms in total. The highest BCUT2D eigenvalue weighted by Crippen LogP contribution is 2.39. The van der Waals surface area contributed by atoms with E-state index in [4.69, 9.17) is 4.42 Å². The maximum atomic E-state index is 9.32. The third kappa shape index (κ3) is 2.51. The van der Waals surface area contributed by atoms with Gasteiger partial charge >= 0.3 is 0 Å². The van der Waals surface area contributed by atoms with Crippen LogP contribution >= 0.6 is 27.3 Å². The van der Waals surface area contributed by atoms with Crippen LogP contribution in [0.2, 0.25) is 0 Å². The maximum Gasteiger partial charge on any atom is 0.169 e. The van der Waals surface area contributed by atoms with Gasteiger partial charge in [-0.1, -0.05) is 0 Å². The fraction of sp³-hybridized carbons (Fsp3) is 0.286. The molecular weight excluding hydrogens is 324 g/mol. The van der Waals surface area contributed by atoms with Gasteiger partial charge in [0.25, 0.3) is 0 Å². The molecule has 2 aromatic heterocycles. The average molecular weight is 335 g/mol. The largest absolute Gasteiger partial charge is 0.448 e. The number of nitriles is 1. The van der Waals surface area contributed by atoms with Gasteiger partial charge in [0.15, 0.2) is 4.67 Å². The lowest BCUT2D eigenvalue weighted by atomic mass is 9.96. The van der Waals surface area contributed by atoms with Crippen molar-refractivity contribution >= 4 is 38.5 Å². The summed E-state index contributed by atoms with van der Waals surface area (Å²) in [6, 6.07) is 5.97. The highest BCUT2D eigenvalue weighted by atomic mass is 79.9. The molecular formula is C14H11BrN2OS. The molecule has 2 aromatic rings. The van der Waals surface area contributed by atoms with E-state index in [-0.39, 0.29) is 0 Å². The predicted molar refractivity (Wildman–Crippen MR) is 79.3 cm³/mol. The molecule has 1 aliphatic rings. The number of nitrogens with zero attached hydrogens (tertiary/aromatic N) is 2. The van der Waals surface area contributed by atoms with E-state index in [9.17, 15) is 5.26 Å². The first kappa shape index (κ1) is 12.6. The van der Waals surface area contributed by atoms with Gasteiger partial charge in [0, 0.05) is 4.88 Å². The molecule has 0 amide bonds. The molecule has 0 bridgehead atoms. The van der Waals surface area contributed by atoms with Crippen molar-refractivity contribution in [1.29, 1.82) is 5.26 Å². The second-order valence-corrected chi connectivity index (χ2v) is 6.27. The van der Waals surface area contributed by atoms with E-state index in [1.807, 2.05) is 12.1 Å². The Morgan fingerprint density at radius 1 is 1.37 bits per heavy atom. The molecule has 19 heavy (non-hydrogen) atoms. The Morgan fingerprint density at radius 2 is 2.21 bits per heavy atom. The number of thiophene rings is 1. The van der Waals surface area contributed by atoms with E-state index in [2.05, 4.69) is 27.0 Å². The Morgan fingerprint density at radius 3 is 2.95 bits per heavy atom. The molecule has 96 valence electrons. The molecule has 3 rings (SSSR count). The van der Waals surface area contributed by atoms with E-state index in [1.165, 1.54) is 23.3 Å². The van der Waals surface area contributed by atoms with Crippen LogP contribution in [-0.4, -0.2) is 6.21 Å². The zero-order chi connectivity index (χ0) is 13.2. The molecule has 0 fully saturated rings. The summed E-state index contributed by atoms with van der Waals surface area (Å²) >= 11 is 4.89. The fourth-order valence-corrected chi connectivity index (χ4v) is 3.78. The molecule has 0 saturated carbocycles. The number of aliphatic imine (C=N–C) groups is 1. The van der Waals surface area contributed by atoms with Crippen molar-refractivity contribution in [3.63, 3.8) is 0 Å². The van der Waals surface area contributed by atoms with Gasteiger partial charge in [0.2, 0.25) is 0 Å². The lowest BCUT2D eigenvalue weighted by molar-refractivity contribution is 0.535. The minimum atomic E-state index is 0.680. The molecule has 1 aliphatic carbocycles. The second-order valence-electron chi connectivity index (χ2n) is 4.40. The summed E-state index contributed by atoms with van der Waals surface area (Å²) in [6.45, 7) is 0. The molecule has 0 aromatic carbocycles. The van der Waals surface area contributed by atoms with Crippen LogP contribution in [0.15, 0.2) is 26.2 Å². The minimum Gasteiger partial charge on any atom is -0.448 e. The Labute approximate surface area is 123 Å². The monoisotopic (exact) mass is 334 g/mol. The van der Waals surface area contributed by atoms with E-state index >= 15 is 0 Å². The molecule has 0 radical (unpaired) electrons. The van der Waals surface area contributed by atoms with Crippen LogP contribution in [0.3, 0.4) is 0 Å². The topological polar surface area (TPSA) is 49.3 Å². The van der Waals surface area contributed by atoms with E-state index in [0.29, 0.717) is 10.4 Å². The summed E-state index contributed by atoms with van der Waals surface area (Å²) in [5, 5.41) is 10.1. The first-order chi connectivity index (χ1) is 9.28. The number of rotatable bonds is 2. The summed E-state index contributed by atoms with van der Waals surface area (Å²) in [5.41, 5.74) is 1.97. The normalized spacial score (nSPS) is 14.5. The van der Waals surface area contributed by atoms with Crippen molar-refractivity contribution in [1.82, 2.24) is 0 Å². The number of halogens is 1. The second kappa shape index (κ2) is 5.32. The van der Waals surface area contributed by atoms with Crippen molar-refractivity contribution in [2.45, 2.75) is 25.7 Å². The Bertz CT molecular complexity index is 678. The van der Waals surface area contributed by atoms with Crippen LogP contribution in [0.5, 0.6) is 0 Å². The third-order valence-electron chi connectivity index (χ3n) is 3.17. The Balaban J connectivity index is 1.95. The fourth-order valence-electron chi connectivity index (χ4n) is 2.28. The number of hydrogen-bond donors (Lipinski definition) is 0. The van der Waals surface area contributed by atoms with Gasteiger partial charge in [-0.25, -0.2) is 4.99 Å². The van der Waals surface area contributed by atoms with Crippen LogP contribution in [0, 0.1) is 11.3 Å². The van der Waals surface area contributed by atoms with Crippen LogP contribution in [-0.2, 0) is 12.8 Å². The molecule has 2 heterocycles. The summed E-state index contributed by atoms with van der Waals surface area (Å²) in [5.74, 6) is 0.683. The van der Waals surface area contributed by atoms with Crippen LogP contribution in [0.1, 0.15) is 34.6 Å². The molecule has 0 unspecified atom stereocenters. The van der Waals surface area contributed by atoms with Crippen LogP contribution in [0.25, 0.3) is 0 Å². The van der Waals surface area contributed by atoms with Crippen molar-refractivity contribution in [3.8, 4) is 6.07 Å². The number of fused-ring (bicyclic) bond motifs is 1. The highest BCUT2D eigenvalue weighted by Gasteiger charge is 2.20. The standard InChI is InChI=1S/C14H11BrN2OS/c15-13-6-5-9(18-13)8-17-14-11(7-16)10-3-1-2-4-12(10)19-14/h5-6,8H,1-4H2. The highest BCUT2D eigenvalue weighted by molar-refractivity contribution is 9.10. The summed E-state index contributed by atoms with van der Waals surface area (Å²) < 4.78 is 6.05. The van der Waals surface area contributed by atoms with Gasteiger partial charge in [-0.15, -0.1) is 11.3 Å². The van der Waals surface area contributed by atoms with Gasteiger partial charge in [-0.3, -0.25) is 0 Å². The number of hydrogen-bond acceptors (Lipinski definition) is 4. The zero-order valence-electron chi connectivity index (χ0n) is 10.1. The predicted octanol–water partition coefficient (Wildman–Crippen LogP) is 4.60. The summed E-state index contributed by atoms with van der Waals surface area (Å²) in [6.07, 6.45) is 6.15. The summed E-state index contributed by atoms with van der Waals surface area (Å²) in [7, 11) is 0. The van der Waals surface area contributed by atoms with Crippen molar-refractivity contribution in [3.05, 3.63) is 38.6 Å². The average Bonchev–Trinajstić information content (AvgIpc) is 2.99. The first-order valence-corrected chi connectivity index (χ1v) is 7.73. The van der Waals surface area contributed by atoms with Crippen molar-refractivity contribution in [2.24, 2.45) is 4.99 Å². The minimum absolute atomic E-state index is 0.680. The lowest BCUT2D eigenvalue weighted by Gasteiger charge is -2.09. The van der Waals surface area contributed by atoms with E-state index < -0.39 is 0 Å². The third-order valence-corrected chi connectivity index (χ3v) is 4.79. The van der Waals surface area contributed by atoms with Gasteiger partial charge in [0.05, 0.1) is 11.8 Å². The van der Waals surface area contributed by atoms with Crippen LogP contribution < -0.4 is 0 Å². The quantitative estimate of drug-likeness (QED) is 0.753. The van der Waals surface area contributed by atoms with Gasteiger partial charge in [0.1, 0.15) is 16.8 Å². The molecule has 0 saturated heterocycles. The van der Waals surface area contributed by atoms with E-state index in [1.54, 1.807) is 17.6 Å². The number of furan rings is 1. The molecule has 0 spiro atoms. The lowest BCUT2D eigenvalue weighted by Crippen LogP contribution is -1.99. The smallest absolute Gasteiger partial charge is 0.169 e. The molecule has 5 heteroatoms. The Kier molecular flexibility index (Phi) is 3.54. The van der Waals surface area contributed by atoms with Gasteiger partial charge in [-0.05, 0) is 59.3 Å². The zero-order valence-corrected chi connectivity index (χ0v) is 12.6. The summed E-state index contributed by atoms with van der Waals surface area (Å²) in [4.78, 5) is 5.75. The van der Waals surface area contributed by atoms with Crippen molar-refractivity contribution in [2.75, 3.05) is 0 Å². The molecule has 0 N–H and O–H groups in total. The van der Waals surface area contributed by atoms with Crippen molar-refractivity contribution < 1.29 is 4.42 Å². The maximum absolute atomic E-state index is 9.32. The molecule has 0 atom stereocenters. The van der Waals surface area contributed by atoms with Gasteiger partial charge in [-0.2, -0.15) is 5.26 Å². The number of aryl methyl sites for hydroxylation is 1. The van der Waals surface area contributed by atoms with E-state index in [0.717, 1.165) is 23.4 Å². The first-order valence-electron chi connectivity index (χ1n) is 6.12. The SMILES string of the molecule is N#Cc1c(N=Cc2ccc(Br)o2)sc2c1CCCC2. The van der Waals surface area contributed by atoms with Crippen LogP contribution in [0.4, 0.5) is 5.00 Å². The molecule has 0 aliphatic heterocycles.